The minimum Gasteiger partial charge on any atom is -0.314 e. The van der Waals surface area contributed by atoms with E-state index in [9.17, 15) is 0 Å². The second-order valence-electron chi connectivity index (χ2n) is 6.74. The summed E-state index contributed by atoms with van der Waals surface area (Å²) in [6.07, 6.45) is 1.09. The standard InChI is InChI=1S/C19H25N5S/c1-4-15-5-7-16(8-6-15)17-11-20-9-10-23(17)12-18-13(2)21-19-24(18)22-14(3)25-19/h5-8,17,20H,4,9-12H2,1-3H3. The molecule has 25 heavy (non-hydrogen) atoms. The van der Waals surface area contributed by atoms with Crippen LogP contribution in [0.2, 0.25) is 0 Å². The van der Waals surface area contributed by atoms with Gasteiger partial charge in [0.2, 0.25) is 4.96 Å². The van der Waals surface area contributed by atoms with Crippen LogP contribution in [0.25, 0.3) is 4.96 Å². The molecule has 0 amide bonds. The molecule has 5 nitrogen and oxygen atoms in total. The predicted molar refractivity (Wildman–Crippen MR) is 102 cm³/mol. The van der Waals surface area contributed by atoms with Gasteiger partial charge in [-0.25, -0.2) is 9.50 Å². The SMILES string of the molecule is CCc1ccc(C2CNCCN2Cc2c(C)nc3sc(C)nn23)cc1. The maximum Gasteiger partial charge on any atom is 0.212 e. The summed E-state index contributed by atoms with van der Waals surface area (Å²) in [6.45, 7) is 10.3. The molecule has 1 atom stereocenters. The van der Waals surface area contributed by atoms with Crippen LogP contribution in [0.4, 0.5) is 0 Å². The van der Waals surface area contributed by atoms with Crippen molar-refractivity contribution in [1.82, 2.24) is 24.8 Å². The van der Waals surface area contributed by atoms with E-state index < -0.39 is 0 Å². The Morgan fingerprint density at radius 3 is 2.80 bits per heavy atom. The molecule has 4 rings (SSSR count). The highest BCUT2D eigenvalue weighted by atomic mass is 32.1. The van der Waals surface area contributed by atoms with Gasteiger partial charge in [-0.05, 0) is 31.4 Å². The van der Waals surface area contributed by atoms with Crippen molar-refractivity contribution in [3.8, 4) is 0 Å². The first-order valence-corrected chi connectivity index (χ1v) is 9.82. The van der Waals surface area contributed by atoms with Crippen molar-refractivity contribution >= 4 is 16.3 Å². The average molecular weight is 356 g/mol. The van der Waals surface area contributed by atoms with Crippen molar-refractivity contribution in [1.29, 1.82) is 0 Å². The van der Waals surface area contributed by atoms with Crippen LogP contribution in [0.1, 0.15) is 40.5 Å². The van der Waals surface area contributed by atoms with Crippen molar-refractivity contribution in [3.05, 3.63) is 51.8 Å². The van der Waals surface area contributed by atoms with Gasteiger partial charge < -0.3 is 5.32 Å². The fourth-order valence-electron chi connectivity index (χ4n) is 3.60. The van der Waals surface area contributed by atoms with Gasteiger partial charge in [-0.1, -0.05) is 42.5 Å². The molecule has 1 fully saturated rings. The van der Waals surface area contributed by atoms with E-state index in [1.54, 1.807) is 11.3 Å². The molecule has 132 valence electrons. The van der Waals surface area contributed by atoms with E-state index >= 15 is 0 Å². The van der Waals surface area contributed by atoms with Gasteiger partial charge in [-0.2, -0.15) is 5.10 Å². The molecule has 0 radical (unpaired) electrons. The van der Waals surface area contributed by atoms with Crippen LogP contribution in [0.3, 0.4) is 0 Å². The molecule has 1 saturated heterocycles. The van der Waals surface area contributed by atoms with Crippen molar-refractivity contribution in [2.75, 3.05) is 19.6 Å². The lowest BCUT2D eigenvalue weighted by Gasteiger charge is -2.36. The summed E-state index contributed by atoms with van der Waals surface area (Å²) in [5.74, 6) is 0. The first-order chi connectivity index (χ1) is 12.2. The number of rotatable bonds is 4. The highest BCUT2D eigenvalue weighted by Crippen LogP contribution is 2.26. The third-order valence-electron chi connectivity index (χ3n) is 5.08. The number of hydrogen-bond acceptors (Lipinski definition) is 5. The number of fused-ring (bicyclic) bond motifs is 1. The number of aromatic nitrogens is 3. The Hall–Kier alpha value is -1.76. The molecule has 0 spiro atoms. The van der Waals surface area contributed by atoms with Gasteiger partial charge in [0.15, 0.2) is 0 Å². The highest BCUT2D eigenvalue weighted by Gasteiger charge is 2.26. The Morgan fingerprint density at radius 1 is 1.24 bits per heavy atom. The Kier molecular flexibility index (Phi) is 4.58. The lowest BCUT2D eigenvalue weighted by atomic mass is 10.0. The molecular formula is C19H25N5S. The van der Waals surface area contributed by atoms with Crippen LogP contribution < -0.4 is 5.32 Å². The summed E-state index contributed by atoms with van der Waals surface area (Å²) < 4.78 is 2.04. The largest absolute Gasteiger partial charge is 0.314 e. The maximum absolute atomic E-state index is 4.70. The molecule has 1 aromatic carbocycles. The van der Waals surface area contributed by atoms with Gasteiger partial charge >= 0.3 is 0 Å². The van der Waals surface area contributed by atoms with Gasteiger partial charge in [0, 0.05) is 32.2 Å². The van der Waals surface area contributed by atoms with Gasteiger partial charge in [-0.15, -0.1) is 0 Å². The molecule has 0 aliphatic carbocycles. The summed E-state index contributed by atoms with van der Waals surface area (Å²) in [5, 5.41) is 9.27. The normalized spacial score (nSPS) is 18.9. The van der Waals surface area contributed by atoms with Crippen LogP contribution in [0.5, 0.6) is 0 Å². The molecule has 3 heterocycles. The van der Waals surface area contributed by atoms with Crippen LogP contribution in [0.15, 0.2) is 24.3 Å². The van der Waals surface area contributed by atoms with E-state index in [4.69, 9.17) is 4.98 Å². The van der Waals surface area contributed by atoms with E-state index in [1.165, 1.54) is 16.8 Å². The zero-order valence-electron chi connectivity index (χ0n) is 15.1. The second kappa shape index (κ2) is 6.86. The quantitative estimate of drug-likeness (QED) is 0.781. The predicted octanol–water partition coefficient (Wildman–Crippen LogP) is 3.12. The number of imidazole rings is 1. The van der Waals surface area contributed by atoms with Crippen LogP contribution in [0, 0.1) is 13.8 Å². The van der Waals surface area contributed by atoms with Crippen molar-refractivity contribution in [3.63, 3.8) is 0 Å². The Balaban J connectivity index is 1.63. The van der Waals surface area contributed by atoms with E-state index in [1.807, 2.05) is 11.4 Å². The fraction of sp³-hybridized carbons (Fsp3) is 0.474. The van der Waals surface area contributed by atoms with Crippen LogP contribution in [-0.2, 0) is 13.0 Å². The third kappa shape index (κ3) is 3.21. The topological polar surface area (TPSA) is 45.5 Å². The summed E-state index contributed by atoms with van der Waals surface area (Å²) in [7, 11) is 0. The monoisotopic (exact) mass is 355 g/mol. The summed E-state index contributed by atoms with van der Waals surface area (Å²) in [5.41, 5.74) is 5.09. The minimum atomic E-state index is 0.393. The Labute approximate surface area is 152 Å². The number of aryl methyl sites for hydroxylation is 3. The number of nitrogens with zero attached hydrogens (tertiary/aromatic N) is 4. The lowest BCUT2D eigenvalue weighted by molar-refractivity contribution is 0.151. The van der Waals surface area contributed by atoms with E-state index in [-0.39, 0.29) is 0 Å². The van der Waals surface area contributed by atoms with Gasteiger partial charge in [0.1, 0.15) is 5.01 Å². The number of nitrogens with one attached hydrogen (secondary N) is 1. The Bertz CT molecular complexity index is 864. The number of hydrogen-bond donors (Lipinski definition) is 1. The molecule has 1 N–H and O–H groups in total. The summed E-state index contributed by atoms with van der Waals surface area (Å²) in [4.78, 5) is 8.26. The molecule has 1 aliphatic heterocycles. The maximum atomic E-state index is 4.70. The average Bonchev–Trinajstić information content (AvgIpc) is 3.12. The first kappa shape index (κ1) is 16.7. The van der Waals surface area contributed by atoms with Crippen molar-refractivity contribution in [2.24, 2.45) is 0 Å². The van der Waals surface area contributed by atoms with Crippen molar-refractivity contribution < 1.29 is 0 Å². The second-order valence-corrected chi connectivity index (χ2v) is 7.90. The van der Waals surface area contributed by atoms with Crippen LogP contribution >= 0.6 is 11.3 Å². The molecule has 2 aromatic heterocycles. The molecular weight excluding hydrogens is 330 g/mol. The highest BCUT2D eigenvalue weighted by molar-refractivity contribution is 7.16. The minimum absolute atomic E-state index is 0.393. The molecule has 1 aliphatic rings. The van der Waals surface area contributed by atoms with Crippen molar-refractivity contribution in [2.45, 2.75) is 39.8 Å². The van der Waals surface area contributed by atoms with Gasteiger partial charge in [0.05, 0.1) is 11.4 Å². The number of benzene rings is 1. The molecule has 0 saturated carbocycles. The van der Waals surface area contributed by atoms with E-state index in [0.717, 1.165) is 48.3 Å². The molecule has 1 unspecified atom stereocenters. The zero-order chi connectivity index (χ0) is 17.4. The fourth-order valence-corrected chi connectivity index (χ4v) is 4.41. The van der Waals surface area contributed by atoms with E-state index in [0.29, 0.717) is 6.04 Å². The van der Waals surface area contributed by atoms with E-state index in [2.05, 4.69) is 53.4 Å². The van der Waals surface area contributed by atoms with Crippen LogP contribution in [-0.4, -0.2) is 39.1 Å². The third-order valence-corrected chi connectivity index (χ3v) is 5.90. The summed E-state index contributed by atoms with van der Waals surface area (Å²) in [6, 6.07) is 9.48. The number of piperazine rings is 1. The Morgan fingerprint density at radius 2 is 2.04 bits per heavy atom. The van der Waals surface area contributed by atoms with Gasteiger partial charge in [0.25, 0.3) is 0 Å². The smallest absolute Gasteiger partial charge is 0.212 e. The zero-order valence-corrected chi connectivity index (χ0v) is 15.9. The summed E-state index contributed by atoms with van der Waals surface area (Å²) >= 11 is 1.66. The van der Waals surface area contributed by atoms with Gasteiger partial charge in [-0.3, -0.25) is 4.90 Å². The lowest BCUT2D eigenvalue weighted by Crippen LogP contribution is -2.45. The molecule has 0 bridgehead atoms. The first-order valence-electron chi connectivity index (χ1n) is 9.01. The molecule has 6 heteroatoms. The molecule has 3 aromatic rings.